The van der Waals surface area contributed by atoms with E-state index in [1.807, 2.05) is 31.2 Å². The van der Waals surface area contributed by atoms with E-state index in [0.717, 1.165) is 16.9 Å². The van der Waals surface area contributed by atoms with Gasteiger partial charge in [-0.2, -0.15) is 0 Å². The predicted molar refractivity (Wildman–Crippen MR) is 78.8 cm³/mol. The molecule has 8 heteroatoms. The van der Waals surface area contributed by atoms with Gasteiger partial charge in [-0.1, -0.05) is 17.7 Å². The van der Waals surface area contributed by atoms with Crippen LogP contribution in [0.25, 0.3) is 6.08 Å². The molecule has 106 valence electrons. The summed E-state index contributed by atoms with van der Waals surface area (Å²) in [6, 6.07) is 7.47. The smallest absolute Gasteiger partial charge is 0.437 e. The van der Waals surface area contributed by atoms with Crippen LogP contribution in [0.5, 0.6) is 5.88 Å². The second-order valence-corrected chi connectivity index (χ2v) is 6.08. The number of nitrogens with one attached hydrogen (secondary N) is 1. The average Bonchev–Trinajstić information content (AvgIpc) is 2.95. The van der Waals surface area contributed by atoms with Crippen LogP contribution in [-0.2, 0) is 9.63 Å². The minimum atomic E-state index is -0.589. The number of carbonyl (C=O) groups is 1. The van der Waals surface area contributed by atoms with Crippen LogP contribution < -0.4 is 0 Å². The molecule has 0 bridgehead atoms. The molecule has 0 amide bonds. The van der Waals surface area contributed by atoms with Crippen LogP contribution in [0, 0.1) is 10.9 Å². The van der Waals surface area contributed by atoms with E-state index >= 15 is 0 Å². The second-order valence-electron chi connectivity index (χ2n) is 4.36. The highest BCUT2D eigenvalue weighted by molar-refractivity contribution is 7.73. The number of benzene rings is 1. The van der Waals surface area contributed by atoms with E-state index in [2.05, 4.69) is 10.3 Å². The number of hydrogen-bond acceptors (Lipinski definition) is 6. The molecule has 1 aromatic carbocycles. The van der Waals surface area contributed by atoms with Crippen molar-refractivity contribution in [1.82, 2.24) is 4.98 Å². The third kappa shape index (κ3) is 2.63. The zero-order chi connectivity index (χ0) is 15.0. The average molecular weight is 320 g/mol. The molecule has 1 aliphatic heterocycles. The van der Waals surface area contributed by atoms with E-state index < -0.39 is 5.97 Å². The van der Waals surface area contributed by atoms with Crippen molar-refractivity contribution in [2.75, 3.05) is 0 Å². The molecule has 2 heterocycles. The number of aromatic hydroxyl groups is 1. The molecule has 1 aromatic heterocycles. The molecule has 0 saturated heterocycles. The van der Waals surface area contributed by atoms with Gasteiger partial charge in [-0.25, -0.2) is 4.79 Å². The molecule has 1 aliphatic rings. The van der Waals surface area contributed by atoms with Crippen LogP contribution in [0.15, 0.2) is 35.2 Å². The third-order valence-electron chi connectivity index (χ3n) is 2.85. The van der Waals surface area contributed by atoms with Gasteiger partial charge in [0.25, 0.3) is 0 Å². The summed E-state index contributed by atoms with van der Waals surface area (Å²) in [5.41, 5.74) is 1.99. The lowest BCUT2D eigenvalue weighted by atomic mass is 10.2. The number of aryl methyl sites for hydroxylation is 1. The van der Waals surface area contributed by atoms with E-state index in [9.17, 15) is 9.90 Å². The third-order valence-corrected chi connectivity index (χ3v) is 4.02. The first-order valence-corrected chi connectivity index (χ1v) is 7.20. The largest absolute Gasteiger partial charge is 0.494 e. The summed E-state index contributed by atoms with van der Waals surface area (Å²) in [6.45, 7) is 1.97. The number of nitrogens with zero attached hydrogens (tertiary/aromatic N) is 2. The van der Waals surface area contributed by atoms with Gasteiger partial charge < -0.3 is 10.1 Å². The van der Waals surface area contributed by atoms with Crippen molar-refractivity contribution in [3.63, 3.8) is 0 Å². The summed E-state index contributed by atoms with van der Waals surface area (Å²) < 4.78 is 1.80. The molecule has 0 radical (unpaired) electrons. The number of H-pyrrole nitrogens is 1. The van der Waals surface area contributed by atoms with Crippen molar-refractivity contribution in [3.8, 4) is 5.88 Å². The van der Waals surface area contributed by atoms with E-state index in [4.69, 9.17) is 17.1 Å². The Kier molecular flexibility index (Phi) is 3.40. The Bertz CT molecular complexity index is 831. The van der Waals surface area contributed by atoms with Gasteiger partial charge in [0.1, 0.15) is 0 Å². The van der Waals surface area contributed by atoms with E-state index in [1.54, 1.807) is 0 Å². The molecule has 2 N–H and O–H groups in total. The van der Waals surface area contributed by atoms with Gasteiger partial charge in [-0.05, 0) is 23.8 Å². The highest BCUT2D eigenvalue weighted by Gasteiger charge is 2.37. The molecule has 0 atom stereocenters. The van der Waals surface area contributed by atoms with Gasteiger partial charge in [0.15, 0.2) is 3.95 Å². The maximum Gasteiger partial charge on any atom is 0.437 e. The molecular formula is C13H10N3O3S2+. The Labute approximate surface area is 128 Å². The second kappa shape index (κ2) is 5.23. The van der Waals surface area contributed by atoms with E-state index in [1.165, 1.54) is 10.8 Å². The van der Waals surface area contributed by atoms with Crippen molar-refractivity contribution in [3.05, 3.63) is 44.4 Å². The van der Waals surface area contributed by atoms with E-state index in [-0.39, 0.29) is 11.6 Å². The van der Waals surface area contributed by atoms with Gasteiger partial charge >= 0.3 is 11.7 Å². The number of rotatable bonds is 2. The molecule has 0 spiro atoms. The van der Waals surface area contributed by atoms with Gasteiger partial charge in [0.05, 0.1) is 4.88 Å². The maximum atomic E-state index is 11.8. The molecule has 0 saturated carbocycles. The first-order valence-electron chi connectivity index (χ1n) is 5.97. The Balaban J connectivity index is 2.05. The Morgan fingerprint density at radius 1 is 1.43 bits per heavy atom. The van der Waals surface area contributed by atoms with Gasteiger partial charge in [0, 0.05) is 18.2 Å². The van der Waals surface area contributed by atoms with Crippen LogP contribution in [0.1, 0.15) is 10.4 Å². The number of carbonyl (C=O) groups excluding carboxylic acids is 1. The molecular weight excluding hydrogens is 310 g/mol. The number of aromatic amines is 1. The first kappa shape index (κ1) is 13.7. The SMILES string of the molecule is Cc1ccc([N+]2=NOC(=O)/C2=C\c2sc(=S)[nH]c2O)cc1. The molecule has 21 heavy (non-hydrogen) atoms. The van der Waals surface area contributed by atoms with Gasteiger partial charge in [-0.3, -0.25) is 4.84 Å². The summed E-state index contributed by atoms with van der Waals surface area (Å²) in [5, 5.41) is 13.4. The summed E-state index contributed by atoms with van der Waals surface area (Å²) in [4.78, 5) is 19.6. The van der Waals surface area contributed by atoms with Gasteiger partial charge in [-0.15, -0.1) is 11.3 Å². The zero-order valence-corrected chi connectivity index (χ0v) is 12.5. The predicted octanol–water partition coefficient (Wildman–Crippen LogP) is 3.43. The number of thiazole rings is 1. The Morgan fingerprint density at radius 3 is 2.76 bits per heavy atom. The standard InChI is InChI=1S/C13H9N3O3S2/c1-7-2-4-8(5-3-7)16-9(12(18)19-15-16)6-10-11(17)14-13(20)21-10/h2-6H,1H3,(H-,14,15,17,18,20)/p+1. The summed E-state index contributed by atoms with van der Waals surface area (Å²) in [7, 11) is 0. The maximum absolute atomic E-state index is 11.8. The number of hydrogen-bond donors (Lipinski definition) is 2. The van der Waals surface area contributed by atoms with Crippen LogP contribution in [0.4, 0.5) is 5.69 Å². The van der Waals surface area contributed by atoms with Crippen LogP contribution in [0.3, 0.4) is 0 Å². The zero-order valence-electron chi connectivity index (χ0n) is 10.9. The lowest BCUT2D eigenvalue weighted by molar-refractivity contribution is -0.462. The quantitative estimate of drug-likeness (QED) is 0.505. The molecule has 3 rings (SSSR count). The normalized spacial score (nSPS) is 16.1. The number of aromatic nitrogens is 1. The van der Waals surface area contributed by atoms with Crippen molar-refractivity contribution >= 4 is 41.3 Å². The van der Waals surface area contributed by atoms with Crippen LogP contribution in [0.2, 0.25) is 0 Å². The Hall–Kier alpha value is -2.32. The fourth-order valence-electron chi connectivity index (χ4n) is 1.80. The van der Waals surface area contributed by atoms with Crippen LogP contribution in [-0.4, -0.2) is 20.8 Å². The fraction of sp³-hybridized carbons (Fsp3) is 0.0769. The lowest BCUT2D eigenvalue weighted by Crippen LogP contribution is -2.05. The minimum Gasteiger partial charge on any atom is -0.494 e. The summed E-state index contributed by atoms with van der Waals surface area (Å²) in [6.07, 6.45) is 1.49. The highest BCUT2D eigenvalue weighted by Crippen LogP contribution is 2.29. The summed E-state index contributed by atoms with van der Waals surface area (Å²) in [5.74, 6) is -0.671. The first-order chi connectivity index (χ1) is 10.0. The monoisotopic (exact) mass is 320 g/mol. The topological polar surface area (TPSA) is 77.7 Å². The van der Waals surface area contributed by atoms with Crippen molar-refractivity contribution < 1.29 is 19.4 Å². The minimum absolute atomic E-state index is 0.0824. The molecule has 0 fully saturated rings. The summed E-state index contributed by atoms with van der Waals surface area (Å²) >= 11 is 6.11. The molecule has 6 nitrogen and oxygen atoms in total. The van der Waals surface area contributed by atoms with Crippen molar-refractivity contribution in [1.29, 1.82) is 0 Å². The Morgan fingerprint density at radius 2 is 2.14 bits per heavy atom. The molecule has 0 aliphatic carbocycles. The van der Waals surface area contributed by atoms with E-state index in [0.29, 0.717) is 14.5 Å². The highest BCUT2D eigenvalue weighted by atomic mass is 32.1. The lowest BCUT2D eigenvalue weighted by Gasteiger charge is -1.94. The van der Waals surface area contributed by atoms with Crippen molar-refractivity contribution in [2.45, 2.75) is 6.92 Å². The van der Waals surface area contributed by atoms with Gasteiger partial charge in [0.2, 0.25) is 16.8 Å². The molecule has 0 unspecified atom stereocenters. The fourth-order valence-corrected chi connectivity index (χ4v) is 2.83. The van der Waals surface area contributed by atoms with Crippen LogP contribution >= 0.6 is 23.6 Å². The van der Waals surface area contributed by atoms with Crippen molar-refractivity contribution in [2.24, 2.45) is 5.28 Å². The molecule has 2 aromatic rings.